The highest BCUT2D eigenvalue weighted by molar-refractivity contribution is 5.92. The SMILES string of the molecule is NC(=O)CC[C@H](NC(=O)Nc1cccc(F)c1)C(=O)O. The molecule has 1 atom stereocenters. The minimum absolute atomic E-state index is 0.124. The third-order valence-corrected chi connectivity index (χ3v) is 2.37. The molecule has 1 rings (SSSR count). The Morgan fingerprint density at radius 1 is 1.35 bits per heavy atom. The molecule has 5 N–H and O–H groups in total. The largest absolute Gasteiger partial charge is 0.480 e. The molecule has 0 bridgehead atoms. The molecule has 108 valence electrons. The predicted molar refractivity (Wildman–Crippen MR) is 68.4 cm³/mol. The summed E-state index contributed by atoms with van der Waals surface area (Å²) in [6, 6.07) is 3.06. The van der Waals surface area contributed by atoms with Crippen LogP contribution in [0.15, 0.2) is 24.3 Å². The quantitative estimate of drug-likeness (QED) is 0.612. The van der Waals surface area contributed by atoms with Crippen LogP contribution >= 0.6 is 0 Å². The van der Waals surface area contributed by atoms with Crippen LogP contribution in [0, 0.1) is 5.82 Å². The molecule has 3 amide bonds. The van der Waals surface area contributed by atoms with E-state index >= 15 is 0 Å². The molecule has 1 aromatic rings. The number of aliphatic carboxylic acids is 1. The van der Waals surface area contributed by atoms with Gasteiger partial charge in [-0.15, -0.1) is 0 Å². The van der Waals surface area contributed by atoms with Crippen molar-refractivity contribution in [1.82, 2.24) is 5.32 Å². The van der Waals surface area contributed by atoms with Crippen molar-refractivity contribution in [3.63, 3.8) is 0 Å². The van der Waals surface area contributed by atoms with E-state index < -0.39 is 29.8 Å². The number of carboxylic acids is 1. The minimum Gasteiger partial charge on any atom is -0.480 e. The van der Waals surface area contributed by atoms with E-state index in [0.29, 0.717) is 0 Å². The molecular formula is C12H14FN3O4. The van der Waals surface area contributed by atoms with Crippen molar-refractivity contribution >= 4 is 23.6 Å². The van der Waals surface area contributed by atoms with Crippen LogP contribution in [0.25, 0.3) is 0 Å². The van der Waals surface area contributed by atoms with Gasteiger partial charge in [-0.05, 0) is 24.6 Å². The van der Waals surface area contributed by atoms with E-state index in [2.05, 4.69) is 10.6 Å². The van der Waals surface area contributed by atoms with Gasteiger partial charge in [-0.3, -0.25) is 4.79 Å². The van der Waals surface area contributed by atoms with Crippen molar-refractivity contribution in [2.75, 3.05) is 5.32 Å². The first kappa shape index (κ1) is 15.4. The second-order valence-electron chi connectivity index (χ2n) is 4.00. The number of carbonyl (C=O) groups is 3. The third kappa shape index (κ3) is 5.34. The second kappa shape index (κ2) is 7.07. The van der Waals surface area contributed by atoms with Crippen LogP contribution in [0.3, 0.4) is 0 Å². The van der Waals surface area contributed by atoms with Gasteiger partial charge >= 0.3 is 12.0 Å². The molecule has 0 aromatic heterocycles. The molecule has 0 saturated carbocycles. The van der Waals surface area contributed by atoms with Gasteiger partial charge in [0.1, 0.15) is 11.9 Å². The van der Waals surface area contributed by atoms with Crippen molar-refractivity contribution < 1.29 is 23.9 Å². The maximum atomic E-state index is 12.9. The summed E-state index contributed by atoms with van der Waals surface area (Å²) < 4.78 is 12.9. The van der Waals surface area contributed by atoms with Gasteiger partial charge < -0.3 is 21.5 Å². The summed E-state index contributed by atoms with van der Waals surface area (Å²) in [7, 11) is 0. The number of amides is 3. The van der Waals surface area contributed by atoms with Crippen molar-refractivity contribution in [2.24, 2.45) is 5.73 Å². The average Bonchev–Trinajstić information content (AvgIpc) is 2.33. The molecule has 7 nitrogen and oxygen atoms in total. The predicted octanol–water partition coefficient (Wildman–Crippen LogP) is 0.666. The molecule has 0 spiro atoms. The summed E-state index contributed by atoms with van der Waals surface area (Å²) in [6.45, 7) is 0. The van der Waals surface area contributed by atoms with Crippen molar-refractivity contribution in [1.29, 1.82) is 0 Å². The highest BCUT2D eigenvalue weighted by Crippen LogP contribution is 2.09. The fourth-order valence-corrected chi connectivity index (χ4v) is 1.44. The van der Waals surface area contributed by atoms with Crippen molar-refractivity contribution in [3.05, 3.63) is 30.1 Å². The van der Waals surface area contributed by atoms with E-state index in [1.165, 1.54) is 18.2 Å². The fourth-order valence-electron chi connectivity index (χ4n) is 1.44. The number of hydrogen-bond donors (Lipinski definition) is 4. The molecule has 0 aliphatic heterocycles. The van der Waals surface area contributed by atoms with Gasteiger partial charge in [0.2, 0.25) is 5.91 Å². The van der Waals surface area contributed by atoms with E-state index in [9.17, 15) is 18.8 Å². The summed E-state index contributed by atoms with van der Waals surface area (Å²) in [6.07, 6.45) is -0.293. The number of primary amides is 1. The lowest BCUT2D eigenvalue weighted by Gasteiger charge is -2.14. The molecule has 0 aliphatic rings. The normalized spacial score (nSPS) is 11.4. The van der Waals surface area contributed by atoms with Gasteiger partial charge in [0, 0.05) is 12.1 Å². The molecule has 20 heavy (non-hydrogen) atoms. The van der Waals surface area contributed by atoms with Crippen LogP contribution in [-0.4, -0.2) is 29.1 Å². The zero-order valence-corrected chi connectivity index (χ0v) is 10.4. The minimum atomic E-state index is -1.29. The van der Waals surface area contributed by atoms with Gasteiger partial charge in [-0.1, -0.05) is 6.07 Å². The Kier molecular flexibility index (Phi) is 5.45. The molecule has 8 heteroatoms. The Balaban J connectivity index is 2.57. The average molecular weight is 283 g/mol. The molecule has 0 aliphatic carbocycles. The standard InChI is InChI=1S/C12H14FN3O4/c13-7-2-1-3-8(6-7)15-12(20)16-9(11(18)19)4-5-10(14)17/h1-3,6,9H,4-5H2,(H2,14,17)(H,18,19)(H2,15,16,20)/t9-/m0/s1. The molecule has 0 fully saturated rings. The topological polar surface area (TPSA) is 122 Å². The number of nitrogens with two attached hydrogens (primary N) is 1. The van der Waals surface area contributed by atoms with Crippen LogP contribution in [0.4, 0.5) is 14.9 Å². The Bertz CT molecular complexity index is 521. The smallest absolute Gasteiger partial charge is 0.326 e. The van der Waals surface area contributed by atoms with Crippen molar-refractivity contribution in [3.8, 4) is 0 Å². The Morgan fingerprint density at radius 3 is 2.60 bits per heavy atom. The number of halogens is 1. The molecule has 0 radical (unpaired) electrons. The van der Waals surface area contributed by atoms with Crippen molar-refractivity contribution in [2.45, 2.75) is 18.9 Å². The van der Waals surface area contributed by atoms with E-state index in [4.69, 9.17) is 10.8 Å². The van der Waals surface area contributed by atoms with Gasteiger partial charge in [-0.25, -0.2) is 14.0 Å². The first-order valence-electron chi connectivity index (χ1n) is 5.72. The Hall–Kier alpha value is -2.64. The lowest BCUT2D eigenvalue weighted by Crippen LogP contribution is -2.43. The zero-order chi connectivity index (χ0) is 15.1. The van der Waals surface area contributed by atoms with Gasteiger partial charge in [0.05, 0.1) is 0 Å². The third-order valence-electron chi connectivity index (χ3n) is 2.37. The number of urea groups is 1. The maximum absolute atomic E-state index is 12.9. The highest BCUT2D eigenvalue weighted by Gasteiger charge is 2.20. The number of hydrogen-bond acceptors (Lipinski definition) is 3. The molecule has 1 aromatic carbocycles. The number of nitrogens with one attached hydrogen (secondary N) is 2. The second-order valence-corrected chi connectivity index (χ2v) is 4.00. The van der Waals surface area contributed by atoms with Crippen LogP contribution < -0.4 is 16.4 Å². The van der Waals surface area contributed by atoms with Crippen LogP contribution in [0.5, 0.6) is 0 Å². The summed E-state index contributed by atoms with van der Waals surface area (Å²) in [5.41, 5.74) is 5.09. The van der Waals surface area contributed by atoms with Crippen LogP contribution in [0.1, 0.15) is 12.8 Å². The number of benzene rings is 1. The number of rotatable bonds is 6. The first-order chi connectivity index (χ1) is 9.38. The van der Waals surface area contributed by atoms with Crippen LogP contribution in [0.2, 0.25) is 0 Å². The molecule has 0 saturated heterocycles. The Morgan fingerprint density at radius 2 is 2.05 bits per heavy atom. The van der Waals surface area contributed by atoms with E-state index in [1.54, 1.807) is 0 Å². The molecular weight excluding hydrogens is 269 g/mol. The summed E-state index contributed by atoms with van der Waals surface area (Å²) in [5, 5.41) is 13.3. The van der Waals surface area contributed by atoms with E-state index in [-0.39, 0.29) is 18.5 Å². The number of anilines is 1. The Labute approximate surface area is 114 Å². The summed E-state index contributed by atoms with van der Waals surface area (Å²) >= 11 is 0. The summed E-state index contributed by atoms with van der Waals surface area (Å²) in [5.74, 6) is -2.49. The summed E-state index contributed by atoms with van der Waals surface area (Å²) in [4.78, 5) is 33.1. The van der Waals surface area contributed by atoms with E-state index in [1.807, 2.05) is 0 Å². The monoisotopic (exact) mass is 283 g/mol. The number of carboxylic acid groups (broad SMARTS) is 1. The lowest BCUT2D eigenvalue weighted by molar-refractivity contribution is -0.139. The first-order valence-corrected chi connectivity index (χ1v) is 5.72. The number of carbonyl (C=O) groups excluding carboxylic acids is 2. The fraction of sp³-hybridized carbons (Fsp3) is 0.250. The maximum Gasteiger partial charge on any atom is 0.326 e. The van der Waals surface area contributed by atoms with Gasteiger partial charge in [0.15, 0.2) is 0 Å². The van der Waals surface area contributed by atoms with Gasteiger partial charge in [-0.2, -0.15) is 0 Å². The van der Waals surface area contributed by atoms with Crippen LogP contribution in [-0.2, 0) is 9.59 Å². The molecule has 0 heterocycles. The van der Waals surface area contributed by atoms with E-state index in [0.717, 1.165) is 6.07 Å². The molecule has 0 unspecified atom stereocenters. The highest BCUT2D eigenvalue weighted by atomic mass is 19.1. The van der Waals surface area contributed by atoms with Gasteiger partial charge in [0.25, 0.3) is 0 Å². The zero-order valence-electron chi connectivity index (χ0n) is 10.4. The lowest BCUT2D eigenvalue weighted by atomic mass is 10.1.